The molecule has 0 aliphatic carbocycles. The molecule has 7 heteroatoms. The highest BCUT2D eigenvalue weighted by molar-refractivity contribution is 14.0. The molecule has 1 saturated heterocycles. The quantitative estimate of drug-likeness (QED) is 0.288. The number of hydrogen-bond donors (Lipinski definition) is 2. The van der Waals surface area contributed by atoms with Gasteiger partial charge in [0.25, 0.3) is 0 Å². The van der Waals surface area contributed by atoms with Crippen LogP contribution in [0.15, 0.2) is 53.5 Å². The maximum Gasteiger partial charge on any atom is 0.191 e. The third-order valence-electron chi connectivity index (χ3n) is 5.42. The van der Waals surface area contributed by atoms with Crippen molar-refractivity contribution in [2.24, 2.45) is 10.9 Å². The van der Waals surface area contributed by atoms with Gasteiger partial charge in [0.05, 0.1) is 14.2 Å². The van der Waals surface area contributed by atoms with Crippen molar-refractivity contribution in [3.63, 3.8) is 0 Å². The Kier molecular flexibility index (Phi) is 10.8. The molecule has 1 unspecified atom stereocenters. The maximum atomic E-state index is 5.36. The first-order chi connectivity index (χ1) is 14.7. The maximum absolute atomic E-state index is 5.36. The van der Waals surface area contributed by atoms with Crippen LogP contribution in [0.1, 0.15) is 18.9 Å². The number of ether oxygens (including phenoxy) is 2. The number of hydrogen-bond acceptors (Lipinski definition) is 4. The zero-order valence-electron chi connectivity index (χ0n) is 18.8. The molecule has 1 fully saturated rings. The fraction of sp³-hybridized carbons (Fsp3) is 0.458. The molecule has 0 bridgehead atoms. The summed E-state index contributed by atoms with van der Waals surface area (Å²) in [6, 6.07) is 16.5. The number of guanidine groups is 1. The number of methoxy groups -OCH3 is 2. The summed E-state index contributed by atoms with van der Waals surface area (Å²) < 4.78 is 10.6. The van der Waals surface area contributed by atoms with Crippen LogP contribution in [0, 0.1) is 5.92 Å². The number of halogens is 1. The number of anilines is 1. The van der Waals surface area contributed by atoms with Crippen molar-refractivity contribution >= 4 is 35.6 Å². The topological polar surface area (TPSA) is 58.1 Å². The van der Waals surface area contributed by atoms with Gasteiger partial charge in [0.15, 0.2) is 5.96 Å². The second-order valence-electron chi connectivity index (χ2n) is 7.55. The first-order valence-corrected chi connectivity index (χ1v) is 10.8. The molecule has 1 heterocycles. The molecule has 2 aromatic rings. The zero-order chi connectivity index (χ0) is 21.2. The van der Waals surface area contributed by atoms with Gasteiger partial charge in [-0.05, 0) is 55.5 Å². The van der Waals surface area contributed by atoms with Gasteiger partial charge in [-0.15, -0.1) is 24.0 Å². The van der Waals surface area contributed by atoms with Crippen molar-refractivity contribution in [3.05, 3.63) is 54.1 Å². The smallest absolute Gasteiger partial charge is 0.191 e. The normalized spacial score (nSPS) is 15.9. The molecule has 0 saturated carbocycles. The predicted octanol–water partition coefficient (Wildman–Crippen LogP) is 3.95. The van der Waals surface area contributed by atoms with E-state index in [9.17, 15) is 0 Å². The Bertz CT molecular complexity index is 813. The lowest BCUT2D eigenvalue weighted by Crippen LogP contribution is -2.38. The van der Waals surface area contributed by atoms with Gasteiger partial charge in [-0.3, -0.25) is 4.99 Å². The standard InChI is InChI=1S/C24H34N4O2.HI/c1-4-25-24(26-14-12-19-8-10-22(29-2)11-9-19)27-17-20-13-15-28(18-20)21-6-5-7-23(16-21)30-3;/h5-11,16,20H,4,12-15,17-18H2,1-3H3,(H2,25,26,27);1H. The van der Waals surface area contributed by atoms with Gasteiger partial charge in [0.2, 0.25) is 0 Å². The van der Waals surface area contributed by atoms with Crippen molar-refractivity contribution in [2.45, 2.75) is 19.8 Å². The largest absolute Gasteiger partial charge is 0.497 e. The molecule has 3 rings (SSSR count). The van der Waals surface area contributed by atoms with Crippen LogP contribution in [-0.4, -0.2) is 52.9 Å². The van der Waals surface area contributed by atoms with Crippen LogP contribution < -0.4 is 25.0 Å². The third-order valence-corrected chi connectivity index (χ3v) is 5.42. The fourth-order valence-electron chi connectivity index (χ4n) is 3.70. The monoisotopic (exact) mass is 538 g/mol. The van der Waals surface area contributed by atoms with E-state index in [0.717, 1.165) is 63.0 Å². The summed E-state index contributed by atoms with van der Waals surface area (Å²) in [6.07, 6.45) is 2.10. The van der Waals surface area contributed by atoms with E-state index in [0.29, 0.717) is 5.92 Å². The average Bonchev–Trinajstić information content (AvgIpc) is 3.27. The predicted molar refractivity (Wildman–Crippen MR) is 139 cm³/mol. The van der Waals surface area contributed by atoms with Gasteiger partial charge in [-0.2, -0.15) is 0 Å². The highest BCUT2D eigenvalue weighted by Gasteiger charge is 2.22. The second-order valence-corrected chi connectivity index (χ2v) is 7.55. The van der Waals surface area contributed by atoms with Crippen LogP contribution in [-0.2, 0) is 6.42 Å². The summed E-state index contributed by atoms with van der Waals surface area (Å²) >= 11 is 0. The Morgan fingerprint density at radius 2 is 1.84 bits per heavy atom. The zero-order valence-corrected chi connectivity index (χ0v) is 21.1. The Morgan fingerprint density at radius 1 is 1.06 bits per heavy atom. The molecule has 31 heavy (non-hydrogen) atoms. The molecular weight excluding hydrogens is 503 g/mol. The molecule has 0 amide bonds. The molecular formula is C24H35IN4O2. The number of rotatable bonds is 9. The summed E-state index contributed by atoms with van der Waals surface area (Å²) in [5, 5.41) is 6.81. The van der Waals surface area contributed by atoms with Crippen LogP contribution >= 0.6 is 24.0 Å². The summed E-state index contributed by atoms with van der Waals surface area (Å²) in [4.78, 5) is 7.26. The Balaban J connectivity index is 0.00000341. The van der Waals surface area contributed by atoms with E-state index in [4.69, 9.17) is 14.5 Å². The molecule has 1 aliphatic heterocycles. The van der Waals surface area contributed by atoms with Crippen molar-refractivity contribution in [2.75, 3.05) is 51.8 Å². The fourth-order valence-corrected chi connectivity index (χ4v) is 3.70. The molecule has 2 aromatic carbocycles. The highest BCUT2D eigenvalue weighted by atomic mass is 127. The van der Waals surface area contributed by atoms with E-state index in [-0.39, 0.29) is 24.0 Å². The molecule has 6 nitrogen and oxygen atoms in total. The van der Waals surface area contributed by atoms with Crippen LogP contribution in [0.2, 0.25) is 0 Å². The first-order valence-electron chi connectivity index (χ1n) is 10.8. The Hall–Kier alpha value is -2.16. The number of nitrogens with one attached hydrogen (secondary N) is 2. The molecule has 1 atom stereocenters. The van der Waals surface area contributed by atoms with E-state index in [1.54, 1.807) is 14.2 Å². The van der Waals surface area contributed by atoms with Gasteiger partial charge >= 0.3 is 0 Å². The van der Waals surface area contributed by atoms with Gasteiger partial charge in [0.1, 0.15) is 11.5 Å². The van der Waals surface area contributed by atoms with Crippen LogP contribution in [0.5, 0.6) is 11.5 Å². The van der Waals surface area contributed by atoms with Crippen LogP contribution in [0.25, 0.3) is 0 Å². The lowest BCUT2D eigenvalue weighted by atomic mass is 10.1. The summed E-state index contributed by atoms with van der Waals surface area (Å²) in [5.74, 6) is 3.25. The van der Waals surface area contributed by atoms with Crippen LogP contribution in [0.3, 0.4) is 0 Å². The second kappa shape index (κ2) is 13.3. The van der Waals surface area contributed by atoms with Crippen molar-refractivity contribution in [3.8, 4) is 11.5 Å². The van der Waals surface area contributed by atoms with E-state index < -0.39 is 0 Å². The number of aliphatic imine (C=N–C) groups is 1. The summed E-state index contributed by atoms with van der Waals surface area (Å²) in [7, 11) is 3.40. The van der Waals surface area contributed by atoms with Gasteiger partial charge < -0.3 is 25.0 Å². The molecule has 0 spiro atoms. The minimum Gasteiger partial charge on any atom is -0.497 e. The van der Waals surface area contributed by atoms with Gasteiger partial charge in [-0.25, -0.2) is 0 Å². The molecule has 0 aromatic heterocycles. The third kappa shape index (κ3) is 7.79. The van der Waals surface area contributed by atoms with Crippen LogP contribution in [0.4, 0.5) is 5.69 Å². The minimum absolute atomic E-state index is 0. The average molecular weight is 538 g/mol. The molecule has 2 N–H and O–H groups in total. The SMILES string of the molecule is CCNC(=NCC1CCN(c2cccc(OC)c2)C1)NCCc1ccc(OC)cc1.I. The Morgan fingerprint density at radius 3 is 2.55 bits per heavy atom. The molecule has 1 aliphatic rings. The van der Waals surface area contributed by atoms with Crippen molar-refractivity contribution in [1.29, 1.82) is 0 Å². The first kappa shape index (κ1) is 25.1. The van der Waals surface area contributed by atoms with E-state index in [1.165, 1.54) is 11.3 Å². The van der Waals surface area contributed by atoms with E-state index in [1.807, 2.05) is 18.2 Å². The molecule has 0 radical (unpaired) electrons. The van der Waals surface area contributed by atoms with E-state index in [2.05, 4.69) is 52.8 Å². The Labute approximate surface area is 203 Å². The molecule has 170 valence electrons. The summed E-state index contributed by atoms with van der Waals surface area (Å²) in [5.41, 5.74) is 2.51. The number of nitrogens with zero attached hydrogens (tertiary/aromatic N) is 2. The van der Waals surface area contributed by atoms with E-state index >= 15 is 0 Å². The lowest BCUT2D eigenvalue weighted by Gasteiger charge is -2.19. The number of benzene rings is 2. The minimum atomic E-state index is 0. The van der Waals surface area contributed by atoms with Gasteiger partial charge in [-0.1, -0.05) is 18.2 Å². The van der Waals surface area contributed by atoms with Crippen molar-refractivity contribution < 1.29 is 9.47 Å². The lowest BCUT2D eigenvalue weighted by molar-refractivity contribution is 0.414. The highest BCUT2D eigenvalue weighted by Crippen LogP contribution is 2.27. The van der Waals surface area contributed by atoms with Gasteiger partial charge in [0, 0.05) is 44.5 Å². The van der Waals surface area contributed by atoms with Crippen molar-refractivity contribution in [1.82, 2.24) is 10.6 Å². The summed E-state index contributed by atoms with van der Waals surface area (Å²) in [6.45, 7) is 6.73.